The van der Waals surface area contributed by atoms with E-state index >= 15 is 0 Å². The van der Waals surface area contributed by atoms with E-state index in [1.54, 1.807) is 0 Å². The molecule has 0 heterocycles. The minimum absolute atomic E-state index is 0.0339. The van der Waals surface area contributed by atoms with E-state index in [0.29, 0.717) is 6.61 Å². The monoisotopic (exact) mass is 267 g/mol. The highest BCUT2D eigenvalue weighted by atomic mass is 16.5. The molecule has 6 nitrogen and oxygen atoms in total. The minimum atomic E-state index is -1.03. The SMILES string of the molecule is O=C(O)COCCNC(=O)COCc1ccccc1. The van der Waals surface area contributed by atoms with Crippen molar-refractivity contribution < 1.29 is 24.2 Å². The first-order chi connectivity index (χ1) is 9.18. The number of benzene rings is 1. The molecule has 1 aromatic carbocycles. The van der Waals surface area contributed by atoms with Crippen molar-refractivity contribution in [3.63, 3.8) is 0 Å². The van der Waals surface area contributed by atoms with Gasteiger partial charge in [0.05, 0.1) is 13.2 Å². The van der Waals surface area contributed by atoms with Crippen molar-refractivity contribution in [1.82, 2.24) is 5.32 Å². The molecule has 0 aliphatic carbocycles. The number of ether oxygens (including phenoxy) is 2. The van der Waals surface area contributed by atoms with Crippen LogP contribution < -0.4 is 5.32 Å². The van der Waals surface area contributed by atoms with Crippen LogP contribution >= 0.6 is 0 Å². The summed E-state index contributed by atoms with van der Waals surface area (Å²) in [6, 6.07) is 9.54. The van der Waals surface area contributed by atoms with Crippen molar-refractivity contribution in [3.8, 4) is 0 Å². The predicted molar refractivity (Wildman–Crippen MR) is 67.6 cm³/mol. The van der Waals surface area contributed by atoms with Gasteiger partial charge in [-0.2, -0.15) is 0 Å². The number of carbonyl (C=O) groups excluding carboxylic acids is 1. The Kier molecular flexibility index (Phi) is 7.23. The van der Waals surface area contributed by atoms with Crippen LogP contribution in [0.3, 0.4) is 0 Å². The first-order valence-electron chi connectivity index (χ1n) is 5.86. The number of nitrogens with one attached hydrogen (secondary N) is 1. The molecule has 1 amide bonds. The highest BCUT2D eigenvalue weighted by molar-refractivity contribution is 5.77. The molecule has 0 spiro atoms. The summed E-state index contributed by atoms with van der Waals surface area (Å²) in [5.74, 6) is -1.28. The Morgan fingerprint density at radius 1 is 1.11 bits per heavy atom. The summed E-state index contributed by atoms with van der Waals surface area (Å²) < 4.78 is 9.99. The molecule has 1 rings (SSSR count). The first kappa shape index (κ1) is 15.1. The van der Waals surface area contributed by atoms with Gasteiger partial charge in [0.25, 0.3) is 0 Å². The van der Waals surface area contributed by atoms with Gasteiger partial charge in [-0.3, -0.25) is 4.79 Å². The van der Waals surface area contributed by atoms with Crippen molar-refractivity contribution in [2.45, 2.75) is 6.61 Å². The maximum atomic E-state index is 11.3. The lowest BCUT2D eigenvalue weighted by Crippen LogP contribution is -2.31. The average molecular weight is 267 g/mol. The number of carboxylic acids is 1. The molecule has 0 saturated heterocycles. The van der Waals surface area contributed by atoms with Crippen molar-refractivity contribution >= 4 is 11.9 Å². The molecule has 0 bridgehead atoms. The lowest BCUT2D eigenvalue weighted by atomic mass is 10.2. The quantitative estimate of drug-likeness (QED) is 0.633. The molecular formula is C13H17NO5. The number of carbonyl (C=O) groups is 2. The van der Waals surface area contributed by atoms with Gasteiger partial charge in [0.2, 0.25) is 5.91 Å². The van der Waals surface area contributed by atoms with E-state index in [1.807, 2.05) is 30.3 Å². The summed E-state index contributed by atoms with van der Waals surface area (Å²) in [4.78, 5) is 21.5. The third-order valence-electron chi connectivity index (χ3n) is 2.14. The fourth-order valence-electron chi connectivity index (χ4n) is 1.31. The van der Waals surface area contributed by atoms with Crippen LogP contribution in [0.4, 0.5) is 0 Å². The van der Waals surface area contributed by atoms with Gasteiger partial charge in [0.1, 0.15) is 13.2 Å². The molecule has 104 valence electrons. The van der Waals surface area contributed by atoms with E-state index < -0.39 is 5.97 Å². The van der Waals surface area contributed by atoms with Crippen LogP contribution in [0.15, 0.2) is 30.3 Å². The van der Waals surface area contributed by atoms with Crippen LogP contribution in [-0.4, -0.2) is 43.3 Å². The average Bonchev–Trinajstić information content (AvgIpc) is 2.39. The molecule has 0 fully saturated rings. The zero-order chi connectivity index (χ0) is 13.9. The van der Waals surface area contributed by atoms with Crippen LogP contribution in [-0.2, 0) is 25.7 Å². The number of hydrogen-bond acceptors (Lipinski definition) is 4. The van der Waals surface area contributed by atoms with Crippen LogP contribution in [0.5, 0.6) is 0 Å². The molecular weight excluding hydrogens is 250 g/mol. The zero-order valence-electron chi connectivity index (χ0n) is 10.5. The second-order valence-electron chi connectivity index (χ2n) is 3.77. The largest absolute Gasteiger partial charge is 0.480 e. The topological polar surface area (TPSA) is 84.9 Å². The normalized spacial score (nSPS) is 10.1. The molecule has 0 unspecified atom stereocenters. The molecule has 0 radical (unpaired) electrons. The summed E-state index contributed by atoms with van der Waals surface area (Å²) in [5, 5.41) is 10.9. The molecule has 0 aliphatic rings. The van der Waals surface area contributed by atoms with E-state index in [4.69, 9.17) is 14.6 Å². The molecule has 0 saturated carbocycles. The molecule has 6 heteroatoms. The second kappa shape index (κ2) is 9.07. The number of hydrogen-bond donors (Lipinski definition) is 2. The van der Waals surface area contributed by atoms with Crippen molar-refractivity contribution in [1.29, 1.82) is 0 Å². The predicted octanol–water partition coefficient (Wildman–Crippen LogP) is 0.421. The van der Waals surface area contributed by atoms with E-state index in [0.717, 1.165) is 5.56 Å². The Morgan fingerprint density at radius 3 is 2.53 bits per heavy atom. The van der Waals surface area contributed by atoms with Gasteiger partial charge < -0.3 is 19.9 Å². The summed E-state index contributed by atoms with van der Waals surface area (Å²) in [5.41, 5.74) is 1.00. The maximum absolute atomic E-state index is 11.3. The fraction of sp³-hybridized carbons (Fsp3) is 0.385. The van der Waals surface area contributed by atoms with Gasteiger partial charge in [-0.1, -0.05) is 30.3 Å². The first-order valence-corrected chi connectivity index (χ1v) is 5.86. The highest BCUT2D eigenvalue weighted by Gasteiger charge is 2.01. The van der Waals surface area contributed by atoms with Crippen molar-refractivity contribution in [3.05, 3.63) is 35.9 Å². The van der Waals surface area contributed by atoms with Crippen molar-refractivity contribution in [2.75, 3.05) is 26.4 Å². The smallest absolute Gasteiger partial charge is 0.329 e. The Balaban J connectivity index is 2.01. The Labute approximate surface area is 111 Å². The summed E-state index contributed by atoms with van der Waals surface area (Å²) in [7, 11) is 0. The number of rotatable bonds is 9. The maximum Gasteiger partial charge on any atom is 0.329 e. The number of carboxylic acid groups (broad SMARTS) is 1. The fourth-order valence-corrected chi connectivity index (χ4v) is 1.31. The summed E-state index contributed by atoms with van der Waals surface area (Å²) >= 11 is 0. The van der Waals surface area contributed by atoms with Gasteiger partial charge in [-0.15, -0.1) is 0 Å². The van der Waals surface area contributed by atoms with E-state index in [1.165, 1.54) is 0 Å². The Hall–Kier alpha value is -1.92. The van der Waals surface area contributed by atoms with Crippen LogP contribution in [0.2, 0.25) is 0 Å². The van der Waals surface area contributed by atoms with Gasteiger partial charge in [-0.05, 0) is 5.56 Å². The van der Waals surface area contributed by atoms with E-state index in [9.17, 15) is 9.59 Å². The third kappa shape index (κ3) is 7.91. The van der Waals surface area contributed by atoms with Crippen LogP contribution in [0, 0.1) is 0 Å². The zero-order valence-corrected chi connectivity index (χ0v) is 10.5. The van der Waals surface area contributed by atoms with Gasteiger partial charge in [-0.25, -0.2) is 4.79 Å². The molecule has 0 atom stereocenters. The Bertz CT molecular complexity index is 393. The molecule has 2 N–H and O–H groups in total. The number of aliphatic carboxylic acids is 1. The van der Waals surface area contributed by atoms with Gasteiger partial charge in [0, 0.05) is 6.54 Å². The summed E-state index contributed by atoms with van der Waals surface area (Å²) in [6.07, 6.45) is 0. The highest BCUT2D eigenvalue weighted by Crippen LogP contribution is 1.99. The molecule has 0 aromatic heterocycles. The number of amides is 1. The van der Waals surface area contributed by atoms with Crippen molar-refractivity contribution in [2.24, 2.45) is 0 Å². The Morgan fingerprint density at radius 2 is 1.84 bits per heavy atom. The van der Waals surface area contributed by atoms with E-state index in [-0.39, 0.29) is 32.3 Å². The van der Waals surface area contributed by atoms with Crippen LogP contribution in [0.25, 0.3) is 0 Å². The minimum Gasteiger partial charge on any atom is -0.480 e. The van der Waals surface area contributed by atoms with Gasteiger partial charge in [0.15, 0.2) is 0 Å². The lowest BCUT2D eigenvalue weighted by Gasteiger charge is -2.06. The lowest BCUT2D eigenvalue weighted by molar-refractivity contribution is -0.142. The molecule has 0 aliphatic heterocycles. The third-order valence-corrected chi connectivity index (χ3v) is 2.14. The summed E-state index contributed by atoms with van der Waals surface area (Å²) in [6.45, 7) is 0.412. The van der Waals surface area contributed by atoms with Crippen LogP contribution in [0.1, 0.15) is 5.56 Å². The standard InChI is InChI=1S/C13H17NO5/c15-12(14-6-7-18-10-13(16)17)9-19-8-11-4-2-1-3-5-11/h1-5H,6-10H2,(H,14,15)(H,16,17). The second-order valence-corrected chi connectivity index (χ2v) is 3.77. The molecule has 19 heavy (non-hydrogen) atoms. The molecule has 1 aromatic rings. The van der Waals surface area contributed by atoms with Gasteiger partial charge >= 0.3 is 5.97 Å². The van der Waals surface area contributed by atoms with E-state index in [2.05, 4.69) is 5.32 Å².